The van der Waals surface area contributed by atoms with Crippen LogP contribution in [-0.4, -0.2) is 30.2 Å². The third-order valence-electron chi connectivity index (χ3n) is 4.61. The van der Waals surface area contributed by atoms with Gasteiger partial charge in [0.25, 0.3) is 5.91 Å². The Hall–Kier alpha value is -3.51. The number of carbonyl (C=O) groups is 4. The van der Waals surface area contributed by atoms with Gasteiger partial charge in [0.05, 0.1) is 28.5 Å². The van der Waals surface area contributed by atoms with E-state index in [9.17, 15) is 23.6 Å². The van der Waals surface area contributed by atoms with Crippen LogP contribution in [0.4, 0.5) is 21.5 Å². The van der Waals surface area contributed by atoms with Crippen LogP contribution in [-0.2, 0) is 14.4 Å². The van der Waals surface area contributed by atoms with E-state index in [2.05, 4.69) is 21.3 Å². The largest absolute Gasteiger partial charge is 0.339 e. The minimum atomic E-state index is -1.08. The average molecular weight is 609 g/mol. The topological polar surface area (TPSA) is 116 Å². The molecule has 3 aromatic rings. The first-order valence-electron chi connectivity index (χ1n) is 10.1. The third-order valence-corrected chi connectivity index (χ3v) is 5.86. The van der Waals surface area contributed by atoms with Gasteiger partial charge in [-0.15, -0.1) is 0 Å². The number of rotatable bonds is 6. The molecule has 0 fully saturated rings. The number of nitrogens with one attached hydrogen (secondary N) is 4. The fraction of sp³-hybridized carbons (Fsp3) is 0.0833. The summed E-state index contributed by atoms with van der Waals surface area (Å²) >= 11 is 8.04. The minimum absolute atomic E-state index is 0.0699. The molecule has 0 spiro atoms. The van der Waals surface area contributed by atoms with Gasteiger partial charge in [0.1, 0.15) is 5.82 Å². The third kappa shape index (κ3) is 7.23. The first-order valence-corrected chi connectivity index (χ1v) is 11.6. The fourth-order valence-corrected chi connectivity index (χ4v) is 3.79. The summed E-state index contributed by atoms with van der Waals surface area (Å²) in [5, 5.41) is 9.80. The molecule has 3 rings (SSSR count). The second-order valence-corrected chi connectivity index (χ2v) is 8.87. The molecule has 0 bridgehead atoms. The van der Waals surface area contributed by atoms with Gasteiger partial charge >= 0.3 is 11.8 Å². The highest BCUT2D eigenvalue weighted by Gasteiger charge is 2.17. The van der Waals surface area contributed by atoms with E-state index in [1.807, 2.05) is 29.5 Å². The van der Waals surface area contributed by atoms with Crippen molar-refractivity contribution in [3.63, 3.8) is 0 Å². The molecule has 0 saturated carbocycles. The number of benzene rings is 3. The number of amides is 4. The zero-order valence-electron chi connectivity index (χ0n) is 18.2. The van der Waals surface area contributed by atoms with Crippen LogP contribution < -0.4 is 21.3 Å². The second kappa shape index (κ2) is 11.8. The summed E-state index contributed by atoms with van der Waals surface area (Å²) in [4.78, 5) is 48.8. The van der Waals surface area contributed by atoms with Crippen molar-refractivity contribution in [3.05, 3.63) is 86.2 Å². The Morgan fingerprint density at radius 1 is 0.886 bits per heavy atom. The Balaban J connectivity index is 1.57. The van der Waals surface area contributed by atoms with Gasteiger partial charge in [0.2, 0.25) is 5.91 Å². The van der Waals surface area contributed by atoms with Crippen molar-refractivity contribution in [2.24, 2.45) is 0 Å². The van der Waals surface area contributed by atoms with E-state index >= 15 is 0 Å². The molecule has 0 atom stereocenters. The lowest BCUT2D eigenvalue weighted by Crippen LogP contribution is -2.39. The van der Waals surface area contributed by atoms with Gasteiger partial charge in [0.15, 0.2) is 0 Å². The van der Waals surface area contributed by atoms with Crippen molar-refractivity contribution in [1.29, 1.82) is 0 Å². The quantitative estimate of drug-likeness (QED) is 0.246. The summed E-state index contributed by atoms with van der Waals surface area (Å²) in [7, 11) is 0. The highest BCUT2D eigenvalue weighted by atomic mass is 127. The maximum absolute atomic E-state index is 14.2. The smallest absolute Gasteiger partial charge is 0.313 e. The monoisotopic (exact) mass is 608 g/mol. The summed E-state index contributed by atoms with van der Waals surface area (Å²) in [6.07, 6.45) is 0. The summed E-state index contributed by atoms with van der Waals surface area (Å²) in [6.45, 7) is 1.37. The summed E-state index contributed by atoms with van der Waals surface area (Å²) in [5.41, 5.74) is 1.53. The highest BCUT2D eigenvalue weighted by molar-refractivity contribution is 14.1. The molecule has 0 aliphatic carbocycles. The normalized spacial score (nSPS) is 10.3. The first kappa shape index (κ1) is 26.1. The molecule has 0 heterocycles. The predicted molar refractivity (Wildman–Crippen MR) is 140 cm³/mol. The molecule has 0 aromatic heterocycles. The van der Waals surface area contributed by atoms with Crippen molar-refractivity contribution >= 4 is 74.9 Å². The van der Waals surface area contributed by atoms with Crippen LogP contribution in [0.2, 0.25) is 5.02 Å². The maximum atomic E-state index is 14.2. The van der Waals surface area contributed by atoms with Crippen LogP contribution in [0.3, 0.4) is 0 Å². The summed E-state index contributed by atoms with van der Waals surface area (Å²) in [6, 6.07) is 15.3. The van der Waals surface area contributed by atoms with Crippen molar-refractivity contribution < 1.29 is 23.6 Å². The van der Waals surface area contributed by atoms with Crippen LogP contribution in [0, 0.1) is 16.3 Å². The van der Waals surface area contributed by atoms with E-state index in [1.54, 1.807) is 42.5 Å². The van der Waals surface area contributed by atoms with E-state index in [0.717, 1.165) is 11.6 Å². The van der Waals surface area contributed by atoms with E-state index < -0.39 is 36.0 Å². The number of anilines is 3. The molecule has 0 aliphatic heterocycles. The molecule has 0 unspecified atom stereocenters. The SMILES string of the molecule is Cc1ccc(NC(=O)CNC(=O)C(=O)Nc2ccc(F)c(NC(=O)c3ccccc3I)c2)c(Cl)c1. The molecule has 11 heteroatoms. The van der Waals surface area contributed by atoms with Crippen LogP contribution >= 0.6 is 34.2 Å². The van der Waals surface area contributed by atoms with Crippen molar-refractivity contribution in [1.82, 2.24) is 5.32 Å². The summed E-state index contributed by atoms with van der Waals surface area (Å²) in [5.74, 6) is -4.00. The van der Waals surface area contributed by atoms with Gasteiger partial charge in [-0.25, -0.2) is 4.39 Å². The Morgan fingerprint density at radius 2 is 1.63 bits per heavy atom. The number of hydrogen-bond acceptors (Lipinski definition) is 4. The minimum Gasteiger partial charge on any atom is -0.339 e. The lowest BCUT2D eigenvalue weighted by molar-refractivity contribution is -0.136. The lowest BCUT2D eigenvalue weighted by Gasteiger charge is -2.11. The van der Waals surface area contributed by atoms with Gasteiger partial charge in [-0.05, 0) is 77.5 Å². The number of aryl methyl sites for hydroxylation is 1. The standard InChI is InChI=1S/C24H19ClFIN4O4/c1-13-6-9-19(16(25)10-13)30-21(32)12-28-23(34)24(35)29-14-7-8-17(26)20(11-14)31-22(33)15-4-2-3-5-18(15)27/h2-11H,12H2,1H3,(H,28,34)(H,29,35)(H,30,32)(H,31,33). The van der Waals surface area contributed by atoms with E-state index in [4.69, 9.17) is 11.6 Å². The molecule has 8 nitrogen and oxygen atoms in total. The van der Waals surface area contributed by atoms with E-state index in [1.165, 1.54) is 12.1 Å². The van der Waals surface area contributed by atoms with Crippen LogP contribution in [0.15, 0.2) is 60.7 Å². The Morgan fingerprint density at radius 3 is 2.34 bits per heavy atom. The highest BCUT2D eigenvalue weighted by Crippen LogP contribution is 2.23. The van der Waals surface area contributed by atoms with E-state index in [-0.39, 0.29) is 11.4 Å². The number of halogens is 3. The molecule has 180 valence electrons. The maximum Gasteiger partial charge on any atom is 0.313 e. The molecule has 35 heavy (non-hydrogen) atoms. The van der Waals surface area contributed by atoms with Gasteiger partial charge in [-0.3, -0.25) is 19.2 Å². The molecule has 0 aliphatic rings. The van der Waals surface area contributed by atoms with Crippen molar-refractivity contribution in [2.75, 3.05) is 22.5 Å². The van der Waals surface area contributed by atoms with Crippen molar-refractivity contribution in [3.8, 4) is 0 Å². The Labute approximate surface area is 218 Å². The number of hydrogen-bond donors (Lipinski definition) is 4. The van der Waals surface area contributed by atoms with Crippen molar-refractivity contribution in [2.45, 2.75) is 6.92 Å². The number of carbonyl (C=O) groups excluding carboxylic acids is 4. The van der Waals surface area contributed by atoms with Crippen LogP contribution in [0.1, 0.15) is 15.9 Å². The van der Waals surface area contributed by atoms with Crippen LogP contribution in [0.25, 0.3) is 0 Å². The predicted octanol–water partition coefficient (Wildman–Crippen LogP) is 4.34. The van der Waals surface area contributed by atoms with E-state index in [0.29, 0.717) is 19.8 Å². The molecular formula is C24H19ClFIN4O4. The first-order chi connectivity index (χ1) is 16.6. The Kier molecular flexibility index (Phi) is 8.77. The van der Waals surface area contributed by atoms with Crippen LogP contribution in [0.5, 0.6) is 0 Å². The van der Waals surface area contributed by atoms with Gasteiger partial charge < -0.3 is 21.3 Å². The van der Waals surface area contributed by atoms with Gasteiger partial charge in [-0.1, -0.05) is 29.8 Å². The zero-order chi connectivity index (χ0) is 25.5. The van der Waals surface area contributed by atoms with Gasteiger partial charge in [0, 0.05) is 9.26 Å². The molecule has 4 N–H and O–H groups in total. The second-order valence-electron chi connectivity index (χ2n) is 7.30. The Bertz CT molecular complexity index is 1320. The lowest BCUT2D eigenvalue weighted by atomic mass is 10.2. The van der Waals surface area contributed by atoms with Gasteiger partial charge in [-0.2, -0.15) is 0 Å². The molecule has 0 saturated heterocycles. The fourth-order valence-electron chi connectivity index (χ4n) is 2.88. The zero-order valence-corrected chi connectivity index (χ0v) is 21.2. The molecule has 4 amide bonds. The summed E-state index contributed by atoms with van der Waals surface area (Å²) < 4.78 is 14.9. The molecule has 3 aromatic carbocycles. The molecular weight excluding hydrogens is 590 g/mol. The molecule has 0 radical (unpaired) electrons. The average Bonchev–Trinajstić information content (AvgIpc) is 2.81.